The van der Waals surface area contributed by atoms with Crippen molar-refractivity contribution in [2.75, 3.05) is 6.61 Å². The van der Waals surface area contributed by atoms with E-state index >= 15 is 0 Å². The first kappa shape index (κ1) is 7.94. The quantitative estimate of drug-likeness (QED) is 0.438. The number of aliphatic hydroxyl groups excluding tert-OH is 3. The van der Waals surface area contributed by atoms with E-state index in [0.29, 0.717) is 12.8 Å². The van der Waals surface area contributed by atoms with Crippen molar-refractivity contribution in [1.82, 2.24) is 0 Å². The fourth-order valence-corrected chi connectivity index (χ4v) is 1.02. The molecule has 60 valence electrons. The average molecular weight is 148 g/mol. The van der Waals surface area contributed by atoms with Crippen molar-refractivity contribution in [1.29, 1.82) is 0 Å². The van der Waals surface area contributed by atoms with Crippen molar-refractivity contribution < 1.29 is 20.1 Å². The zero-order valence-electron chi connectivity index (χ0n) is 5.60. The summed E-state index contributed by atoms with van der Waals surface area (Å²) in [5.74, 6) is 0. The summed E-state index contributed by atoms with van der Waals surface area (Å²) in [5, 5.41) is 26.6. The summed E-state index contributed by atoms with van der Waals surface area (Å²) in [5.41, 5.74) is 0. The van der Waals surface area contributed by atoms with E-state index in [4.69, 9.17) is 20.1 Å². The Bertz CT molecular complexity index is 106. The van der Waals surface area contributed by atoms with Gasteiger partial charge in [0.2, 0.25) is 0 Å². The lowest BCUT2D eigenvalue weighted by Gasteiger charge is -2.29. The van der Waals surface area contributed by atoms with Crippen LogP contribution in [0.25, 0.3) is 0 Å². The third-order valence-electron chi connectivity index (χ3n) is 1.65. The molecule has 1 saturated heterocycles. The molecule has 0 aromatic rings. The van der Waals surface area contributed by atoms with Crippen LogP contribution < -0.4 is 0 Å². The minimum Gasteiger partial charge on any atom is -0.394 e. The molecule has 3 N–H and O–H groups in total. The van der Waals surface area contributed by atoms with Gasteiger partial charge in [0.25, 0.3) is 0 Å². The van der Waals surface area contributed by atoms with Crippen LogP contribution in [0.4, 0.5) is 0 Å². The molecule has 0 amide bonds. The highest BCUT2D eigenvalue weighted by atomic mass is 16.6. The first-order valence-corrected chi connectivity index (χ1v) is 3.36. The van der Waals surface area contributed by atoms with Crippen LogP contribution in [-0.4, -0.2) is 40.4 Å². The monoisotopic (exact) mass is 148 g/mol. The third kappa shape index (κ3) is 1.67. The molecule has 1 aliphatic rings. The summed E-state index contributed by atoms with van der Waals surface area (Å²) in [6.45, 7) is -0.238. The maximum atomic E-state index is 9.09. The van der Waals surface area contributed by atoms with Crippen LogP contribution in [0.15, 0.2) is 0 Å². The highest BCUT2D eigenvalue weighted by Gasteiger charge is 2.27. The Morgan fingerprint density at radius 1 is 1.30 bits per heavy atom. The number of ether oxygens (including phenoxy) is 1. The van der Waals surface area contributed by atoms with Gasteiger partial charge in [0.1, 0.15) is 6.10 Å². The minimum absolute atomic E-state index is 0.238. The van der Waals surface area contributed by atoms with Crippen molar-refractivity contribution in [3.63, 3.8) is 0 Å². The number of rotatable bonds is 1. The molecule has 1 fully saturated rings. The summed E-state index contributed by atoms with van der Waals surface area (Å²) in [6, 6.07) is 0. The van der Waals surface area contributed by atoms with Crippen molar-refractivity contribution >= 4 is 0 Å². The Balaban J connectivity index is 2.38. The highest BCUT2D eigenvalue weighted by molar-refractivity contribution is 4.73. The van der Waals surface area contributed by atoms with Gasteiger partial charge in [-0.3, -0.25) is 0 Å². The lowest BCUT2D eigenvalue weighted by Crippen LogP contribution is -2.40. The summed E-state index contributed by atoms with van der Waals surface area (Å²) >= 11 is 0. The van der Waals surface area contributed by atoms with Crippen molar-refractivity contribution in [2.45, 2.75) is 31.3 Å². The largest absolute Gasteiger partial charge is 0.394 e. The van der Waals surface area contributed by atoms with E-state index < -0.39 is 18.5 Å². The molecule has 1 unspecified atom stereocenters. The SMILES string of the molecule is OC[C@H]1O[C@H](O)CCC1O. The van der Waals surface area contributed by atoms with Gasteiger partial charge in [-0.25, -0.2) is 0 Å². The molecule has 4 heteroatoms. The molecule has 0 saturated carbocycles. The molecular formula is C6H12O4. The highest BCUT2D eigenvalue weighted by Crippen LogP contribution is 2.17. The second-order valence-electron chi connectivity index (χ2n) is 2.46. The Hall–Kier alpha value is -0.160. The Morgan fingerprint density at radius 2 is 2.00 bits per heavy atom. The van der Waals surface area contributed by atoms with E-state index in [-0.39, 0.29) is 6.61 Å². The maximum absolute atomic E-state index is 9.09. The molecule has 3 atom stereocenters. The number of hydrogen-bond donors (Lipinski definition) is 3. The van der Waals surface area contributed by atoms with E-state index in [2.05, 4.69) is 0 Å². The normalized spacial score (nSPS) is 41.7. The van der Waals surface area contributed by atoms with Crippen molar-refractivity contribution in [3.05, 3.63) is 0 Å². The zero-order valence-corrected chi connectivity index (χ0v) is 5.60. The molecule has 0 aromatic carbocycles. The number of aliphatic hydroxyl groups is 3. The molecule has 0 bridgehead atoms. The number of hydrogen-bond acceptors (Lipinski definition) is 4. The topological polar surface area (TPSA) is 69.9 Å². The van der Waals surface area contributed by atoms with Crippen LogP contribution in [0.2, 0.25) is 0 Å². The van der Waals surface area contributed by atoms with Crippen LogP contribution in [0.5, 0.6) is 0 Å². The van der Waals surface area contributed by atoms with Crippen LogP contribution in [-0.2, 0) is 4.74 Å². The van der Waals surface area contributed by atoms with Gasteiger partial charge < -0.3 is 20.1 Å². The van der Waals surface area contributed by atoms with Crippen LogP contribution >= 0.6 is 0 Å². The molecule has 4 nitrogen and oxygen atoms in total. The fourth-order valence-electron chi connectivity index (χ4n) is 1.02. The van der Waals surface area contributed by atoms with Gasteiger partial charge in [0, 0.05) is 6.42 Å². The second kappa shape index (κ2) is 3.30. The van der Waals surface area contributed by atoms with Crippen LogP contribution in [0.3, 0.4) is 0 Å². The molecule has 1 rings (SSSR count). The lowest BCUT2D eigenvalue weighted by atomic mass is 10.1. The predicted molar refractivity (Wildman–Crippen MR) is 33.2 cm³/mol. The Kier molecular flexibility index (Phi) is 2.62. The molecule has 0 aromatic heterocycles. The summed E-state index contributed by atoms with van der Waals surface area (Å²) in [4.78, 5) is 0. The smallest absolute Gasteiger partial charge is 0.155 e. The van der Waals surface area contributed by atoms with Gasteiger partial charge in [0.15, 0.2) is 6.29 Å². The lowest BCUT2D eigenvalue weighted by molar-refractivity contribution is -0.207. The molecule has 10 heavy (non-hydrogen) atoms. The van der Waals surface area contributed by atoms with E-state index in [1.54, 1.807) is 0 Å². The summed E-state index contributed by atoms with van der Waals surface area (Å²) < 4.78 is 4.80. The molecule has 0 spiro atoms. The Morgan fingerprint density at radius 3 is 2.50 bits per heavy atom. The summed E-state index contributed by atoms with van der Waals surface area (Å²) in [7, 11) is 0. The second-order valence-corrected chi connectivity index (χ2v) is 2.46. The van der Waals surface area contributed by atoms with E-state index in [1.165, 1.54) is 0 Å². The first-order chi connectivity index (χ1) is 4.74. The molecule has 0 aliphatic carbocycles. The third-order valence-corrected chi connectivity index (χ3v) is 1.65. The molecule has 1 heterocycles. The van der Waals surface area contributed by atoms with Gasteiger partial charge in [-0.05, 0) is 6.42 Å². The van der Waals surface area contributed by atoms with E-state index in [0.717, 1.165) is 0 Å². The van der Waals surface area contributed by atoms with Gasteiger partial charge in [-0.1, -0.05) is 0 Å². The molecule has 0 radical (unpaired) electrons. The van der Waals surface area contributed by atoms with Gasteiger partial charge in [-0.2, -0.15) is 0 Å². The molecular weight excluding hydrogens is 136 g/mol. The van der Waals surface area contributed by atoms with Gasteiger partial charge >= 0.3 is 0 Å². The van der Waals surface area contributed by atoms with Crippen LogP contribution in [0, 0.1) is 0 Å². The minimum atomic E-state index is -0.819. The van der Waals surface area contributed by atoms with E-state index in [9.17, 15) is 0 Å². The first-order valence-electron chi connectivity index (χ1n) is 3.36. The van der Waals surface area contributed by atoms with Crippen molar-refractivity contribution in [3.8, 4) is 0 Å². The van der Waals surface area contributed by atoms with E-state index in [1.807, 2.05) is 0 Å². The standard InChI is InChI=1S/C6H12O4/c7-3-5-4(8)1-2-6(9)10-5/h4-9H,1-3H2/t4?,5-,6+/m1/s1. The zero-order chi connectivity index (χ0) is 7.56. The van der Waals surface area contributed by atoms with Crippen LogP contribution in [0.1, 0.15) is 12.8 Å². The van der Waals surface area contributed by atoms with Gasteiger partial charge in [-0.15, -0.1) is 0 Å². The molecule has 1 aliphatic heterocycles. The maximum Gasteiger partial charge on any atom is 0.155 e. The summed E-state index contributed by atoms with van der Waals surface area (Å²) in [6.07, 6.45) is -1.12. The Labute approximate surface area is 59.1 Å². The van der Waals surface area contributed by atoms with Crippen molar-refractivity contribution in [2.24, 2.45) is 0 Å². The fraction of sp³-hybridized carbons (Fsp3) is 1.00. The predicted octanol–water partition coefficient (Wildman–Crippen LogP) is -1.16. The van der Waals surface area contributed by atoms with Gasteiger partial charge in [0.05, 0.1) is 12.7 Å². The average Bonchev–Trinajstić information content (AvgIpc) is 1.94.